The summed E-state index contributed by atoms with van der Waals surface area (Å²) in [5, 5.41) is 9.25. The van der Waals surface area contributed by atoms with Crippen LogP contribution in [0.3, 0.4) is 0 Å². The number of aliphatic carboxylic acids is 1. The number of aryl methyl sites for hydroxylation is 1. The number of rotatable bonds is 10. The van der Waals surface area contributed by atoms with E-state index in [2.05, 4.69) is 0 Å². The smallest absolute Gasteiger partial charge is 0.307 e. The molecular formula is C22H32O4. The molecule has 2 atom stereocenters. The topological polar surface area (TPSA) is 63.6 Å². The molecule has 0 aliphatic carbocycles. The number of carboxylic acids is 1. The SMILES string of the molecule is COc1ccc(C(=O)C(C/C=C/C[C@H](C(=O)O)C(C)C)C(C)C)cc1C. The van der Waals surface area contributed by atoms with Crippen LogP contribution in [0.15, 0.2) is 30.4 Å². The molecule has 0 aromatic heterocycles. The quantitative estimate of drug-likeness (QED) is 0.463. The van der Waals surface area contributed by atoms with Gasteiger partial charge in [-0.1, -0.05) is 39.8 Å². The Hall–Kier alpha value is -2.10. The summed E-state index contributed by atoms with van der Waals surface area (Å²) in [5.74, 6) is -0.0956. The van der Waals surface area contributed by atoms with Crippen molar-refractivity contribution in [1.29, 1.82) is 0 Å². The van der Waals surface area contributed by atoms with Crippen molar-refractivity contribution < 1.29 is 19.4 Å². The summed E-state index contributed by atoms with van der Waals surface area (Å²) < 4.78 is 5.26. The molecule has 4 heteroatoms. The Kier molecular flexibility index (Phi) is 8.56. The molecule has 4 nitrogen and oxygen atoms in total. The molecule has 0 fully saturated rings. The summed E-state index contributed by atoms with van der Waals surface area (Å²) in [6, 6.07) is 5.52. The Morgan fingerprint density at radius 2 is 1.58 bits per heavy atom. The number of allylic oxidation sites excluding steroid dienone is 2. The molecule has 0 heterocycles. The number of hydrogen-bond acceptors (Lipinski definition) is 3. The Labute approximate surface area is 157 Å². The largest absolute Gasteiger partial charge is 0.496 e. The number of methoxy groups -OCH3 is 1. The van der Waals surface area contributed by atoms with Gasteiger partial charge in [0.15, 0.2) is 5.78 Å². The van der Waals surface area contributed by atoms with Crippen LogP contribution in [0.1, 0.15) is 56.5 Å². The minimum atomic E-state index is -0.769. The van der Waals surface area contributed by atoms with E-state index in [1.165, 1.54) is 0 Å². The molecule has 1 N–H and O–H groups in total. The minimum absolute atomic E-state index is 0.0851. The zero-order valence-corrected chi connectivity index (χ0v) is 16.8. The average molecular weight is 360 g/mol. The highest BCUT2D eigenvalue weighted by molar-refractivity contribution is 5.98. The van der Waals surface area contributed by atoms with E-state index in [9.17, 15) is 14.7 Å². The van der Waals surface area contributed by atoms with Gasteiger partial charge >= 0.3 is 5.97 Å². The number of hydrogen-bond donors (Lipinski definition) is 1. The van der Waals surface area contributed by atoms with Crippen molar-refractivity contribution in [3.8, 4) is 5.75 Å². The van der Waals surface area contributed by atoms with Crippen LogP contribution in [0.4, 0.5) is 0 Å². The standard InChI is InChI=1S/C22H32O4/c1-14(2)18(9-7-8-10-19(15(3)4)22(24)25)21(23)17-11-12-20(26-6)16(5)13-17/h7-8,11-15,18-19H,9-10H2,1-6H3,(H,24,25)/b8-7+/t18?,19-/m0/s1. The van der Waals surface area contributed by atoms with Gasteiger partial charge in [0.25, 0.3) is 0 Å². The summed E-state index contributed by atoms with van der Waals surface area (Å²) in [4.78, 5) is 24.2. The molecule has 0 spiro atoms. The number of benzene rings is 1. The van der Waals surface area contributed by atoms with Crippen LogP contribution >= 0.6 is 0 Å². The summed E-state index contributed by atoms with van der Waals surface area (Å²) in [6.07, 6.45) is 4.97. The molecule has 144 valence electrons. The molecule has 0 amide bonds. The van der Waals surface area contributed by atoms with E-state index < -0.39 is 5.97 Å². The van der Waals surface area contributed by atoms with E-state index in [0.29, 0.717) is 18.4 Å². The lowest BCUT2D eigenvalue weighted by atomic mass is 9.84. The Balaban J connectivity index is 2.83. The normalized spacial score (nSPS) is 14.0. The van der Waals surface area contributed by atoms with E-state index in [-0.39, 0.29) is 29.5 Å². The van der Waals surface area contributed by atoms with Gasteiger partial charge in [-0.3, -0.25) is 9.59 Å². The van der Waals surface area contributed by atoms with Crippen molar-refractivity contribution in [1.82, 2.24) is 0 Å². The summed E-state index contributed by atoms with van der Waals surface area (Å²) in [6.45, 7) is 9.85. The van der Waals surface area contributed by atoms with Crippen molar-refractivity contribution in [2.45, 2.75) is 47.5 Å². The third-order valence-electron chi connectivity index (χ3n) is 4.89. The minimum Gasteiger partial charge on any atom is -0.496 e. The molecule has 0 aliphatic rings. The number of carbonyl (C=O) groups excluding carboxylic acids is 1. The van der Waals surface area contributed by atoms with Crippen molar-refractivity contribution in [3.05, 3.63) is 41.5 Å². The third kappa shape index (κ3) is 6.01. The zero-order valence-electron chi connectivity index (χ0n) is 16.8. The molecular weight excluding hydrogens is 328 g/mol. The van der Waals surface area contributed by atoms with Gasteiger partial charge in [-0.15, -0.1) is 0 Å². The second-order valence-corrected chi connectivity index (χ2v) is 7.53. The molecule has 1 unspecified atom stereocenters. The first-order valence-electron chi connectivity index (χ1n) is 9.25. The Bertz CT molecular complexity index is 644. The highest BCUT2D eigenvalue weighted by Gasteiger charge is 2.23. The van der Waals surface area contributed by atoms with Crippen LogP contribution < -0.4 is 4.74 Å². The van der Waals surface area contributed by atoms with Crippen LogP contribution in [0.25, 0.3) is 0 Å². The van der Waals surface area contributed by atoms with Crippen molar-refractivity contribution in [2.75, 3.05) is 7.11 Å². The first kappa shape index (κ1) is 21.9. The second-order valence-electron chi connectivity index (χ2n) is 7.53. The van der Waals surface area contributed by atoms with E-state index in [0.717, 1.165) is 11.3 Å². The molecule has 0 saturated heterocycles. The summed E-state index contributed by atoms with van der Waals surface area (Å²) >= 11 is 0. The zero-order chi connectivity index (χ0) is 19.9. The second kappa shape index (κ2) is 10.1. The van der Waals surface area contributed by atoms with Crippen LogP contribution in [-0.2, 0) is 4.79 Å². The van der Waals surface area contributed by atoms with Gasteiger partial charge in [-0.25, -0.2) is 0 Å². The predicted octanol–water partition coefficient (Wildman–Crippen LogP) is 5.15. The van der Waals surface area contributed by atoms with Crippen molar-refractivity contribution in [3.63, 3.8) is 0 Å². The van der Waals surface area contributed by atoms with Crippen LogP contribution in [-0.4, -0.2) is 24.0 Å². The Morgan fingerprint density at radius 1 is 1.04 bits per heavy atom. The fourth-order valence-electron chi connectivity index (χ4n) is 3.07. The lowest BCUT2D eigenvalue weighted by molar-refractivity contribution is -0.143. The van der Waals surface area contributed by atoms with Crippen LogP contribution in [0.2, 0.25) is 0 Å². The van der Waals surface area contributed by atoms with Gasteiger partial charge in [0, 0.05) is 11.5 Å². The fraction of sp³-hybridized carbons (Fsp3) is 0.545. The maximum Gasteiger partial charge on any atom is 0.307 e. The molecule has 1 aromatic carbocycles. The van der Waals surface area contributed by atoms with Crippen LogP contribution in [0.5, 0.6) is 5.75 Å². The van der Waals surface area contributed by atoms with E-state index in [1.807, 2.05) is 65.0 Å². The molecule has 0 bridgehead atoms. The third-order valence-corrected chi connectivity index (χ3v) is 4.89. The molecule has 0 saturated carbocycles. The van der Waals surface area contributed by atoms with Gasteiger partial charge in [0.1, 0.15) is 5.75 Å². The van der Waals surface area contributed by atoms with Crippen molar-refractivity contribution >= 4 is 11.8 Å². The molecule has 1 rings (SSSR count). The van der Waals surface area contributed by atoms with E-state index in [4.69, 9.17) is 4.74 Å². The monoisotopic (exact) mass is 360 g/mol. The fourth-order valence-corrected chi connectivity index (χ4v) is 3.07. The molecule has 26 heavy (non-hydrogen) atoms. The Morgan fingerprint density at radius 3 is 2.00 bits per heavy atom. The highest BCUT2D eigenvalue weighted by Crippen LogP contribution is 2.25. The maximum absolute atomic E-state index is 12.9. The number of carbonyl (C=O) groups is 2. The summed E-state index contributed by atoms with van der Waals surface area (Å²) in [5.41, 5.74) is 1.64. The van der Waals surface area contributed by atoms with Crippen molar-refractivity contribution in [2.24, 2.45) is 23.7 Å². The molecule has 0 aliphatic heterocycles. The van der Waals surface area contributed by atoms with Gasteiger partial charge in [0.2, 0.25) is 0 Å². The average Bonchev–Trinajstić information content (AvgIpc) is 2.56. The van der Waals surface area contributed by atoms with Gasteiger partial charge < -0.3 is 9.84 Å². The molecule has 0 radical (unpaired) electrons. The lowest BCUT2D eigenvalue weighted by Gasteiger charge is -2.19. The number of ketones is 1. The number of Topliss-reactive ketones (excluding diaryl/α,β-unsaturated/α-hetero) is 1. The van der Waals surface area contributed by atoms with Gasteiger partial charge in [-0.2, -0.15) is 0 Å². The van der Waals surface area contributed by atoms with E-state index in [1.54, 1.807) is 7.11 Å². The van der Waals surface area contributed by atoms with Gasteiger partial charge in [0.05, 0.1) is 13.0 Å². The first-order valence-corrected chi connectivity index (χ1v) is 9.25. The number of ether oxygens (including phenoxy) is 1. The maximum atomic E-state index is 12.9. The van der Waals surface area contributed by atoms with Gasteiger partial charge in [-0.05, 0) is 55.4 Å². The number of carboxylic acid groups (broad SMARTS) is 1. The lowest BCUT2D eigenvalue weighted by Crippen LogP contribution is -2.20. The summed E-state index contributed by atoms with van der Waals surface area (Å²) in [7, 11) is 1.62. The highest BCUT2D eigenvalue weighted by atomic mass is 16.5. The first-order chi connectivity index (χ1) is 12.2. The molecule has 1 aromatic rings. The van der Waals surface area contributed by atoms with E-state index >= 15 is 0 Å². The predicted molar refractivity (Wildman–Crippen MR) is 105 cm³/mol. The van der Waals surface area contributed by atoms with Crippen LogP contribution in [0, 0.1) is 30.6 Å².